The summed E-state index contributed by atoms with van der Waals surface area (Å²) in [7, 11) is 0. The van der Waals surface area contributed by atoms with Crippen molar-refractivity contribution in [1.29, 1.82) is 0 Å². The monoisotopic (exact) mass is 241 g/mol. The highest BCUT2D eigenvalue weighted by atomic mass is 16.5. The molecule has 4 heteroatoms. The minimum Gasteiger partial charge on any atom is -0.392 e. The molecule has 98 valence electrons. The largest absolute Gasteiger partial charge is 0.392 e. The van der Waals surface area contributed by atoms with Crippen LogP contribution in [0.5, 0.6) is 0 Å². The maximum absolute atomic E-state index is 9.43. The third-order valence-electron chi connectivity index (χ3n) is 3.37. The van der Waals surface area contributed by atoms with Crippen LogP contribution < -0.4 is 0 Å². The van der Waals surface area contributed by atoms with Gasteiger partial charge in [0.05, 0.1) is 6.61 Å². The molecule has 1 saturated heterocycles. The third kappa shape index (κ3) is 3.92. The lowest BCUT2D eigenvalue weighted by Crippen LogP contribution is -2.35. The highest BCUT2D eigenvalue weighted by Crippen LogP contribution is 2.20. The first-order valence-corrected chi connectivity index (χ1v) is 6.17. The maximum Gasteiger partial charge on any atom is 0.176 e. The van der Waals surface area contributed by atoms with Crippen LogP contribution in [0.4, 0.5) is 0 Å². The zero-order chi connectivity index (χ0) is 12.8. The molecule has 1 rings (SSSR count). The normalized spacial score (nSPS) is 21.3. The quantitative estimate of drug-likeness (QED) is 0.488. The van der Waals surface area contributed by atoms with Crippen molar-refractivity contribution in [3.63, 3.8) is 0 Å². The molecule has 17 heavy (non-hydrogen) atoms. The first-order valence-electron chi connectivity index (χ1n) is 6.17. The smallest absolute Gasteiger partial charge is 0.176 e. The van der Waals surface area contributed by atoms with Gasteiger partial charge in [0.15, 0.2) is 6.29 Å². The lowest BCUT2D eigenvalue weighted by atomic mass is 10.0. The number of hydrogen-bond donors (Lipinski definition) is 3. The third-order valence-corrected chi connectivity index (χ3v) is 3.37. The van der Waals surface area contributed by atoms with Crippen LogP contribution >= 0.6 is 0 Å². The van der Waals surface area contributed by atoms with Crippen molar-refractivity contribution in [2.45, 2.75) is 39.0 Å². The highest BCUT2D eigenvalue weighted by Gasteiger charge is 2.24. The first-order chi connectivity index (χ1) is 8.10. The number of hydrogen-bond acceptors (Lipinski definition) is 4. The van der Waals surface area contributed by atoms with Gasteiger partial charge < -0.3 is 15.3 Å². The van der Waals surface area contributed by atoms with Crippen LogP contribution in [0, 0.1) is 0 Å². The van der Waals surface area contributed by atoms with E-state index >= 15 is 0 Å². The van der Waals surface area contributed by atoms with E-state index < -0.39 is 6.29 Å². The van der Waals surface area contributed by atoms with Gasteiger partial charge in [0.2, 0.25) is 0 Å². The van der Waals surface area contributed by atoms with Gasteiger partial charge in [-0.1, -0.05) is 12.2 Å². The van der Waals surface area contributed by atoms with Gasteiger partial charge in [0.25, 0.3) is 0 Å². The van der Waals surface area contributed by atoms with E-state index in [-0.39, 0.29) is 12.6 Å². The minimum absolute atomic E-state index is 0.000926. The van der Waals surface area contributed by atoms with E-state index in [9.17, 15) is 10.2 Å². The number of rotatable bonds is 5. The fourth-order valence-electron chi connectivity index (χ4n) is 2.18. The molecule has 0 aromatic rings. The van der Waals surface area contributed by atoms with Gasteiger partial charge in [0, 0.05) is 11.6 Å². The predicted molar refractivity (Wildman–Crippen MR) is 67.4 cm³/mol. The average Bonchev–Trinajstić information content (AvgIpc) is 2.83. The van der Waals surface area contributed by atoms with E-state index in [0.29, 0.717) is 11.1 Å². The van der Waals surface area contributed by atoms with Crippen molar-refractivity contribution in [1.82, 2.24) is 4.90 Å². The predicted octanol–water partition coefficient (Wildman–Crippen LogP) is 0.646. The Morgan fingerprint density at radius 2 is 1.88 bits per heavy atom. The first kappa shape index (κ1) is 14.4. The molecule has 1 aliphatic heterocycles. The summed E-state index contributed by atoms with van der Waals surface area (Å²) in [6.45, 7) is 5.70. The number of aliphatic hydroxyl groups is 3. The van der Waals surface area contributed by atoms with Crippen molar-refractivity contribution in [2.24, 2.45) is 0 Å². The Kier molecular flexibility index (Phi) is 5.85. The summed E-state index contributed by atoms with van der Waals surface area (Å²) in [4.78, 5) is 2.23. The second kappa shape index (κ2) is 6.91. The van der Waals surface area contributed by atoms with E-state index in [1.165, 1.54) is 0 Å². The van der Waals surface area contributed by atoms with Gasteiger partial charge in [0.1, 0.15) is 0 Å². The molecule has 3 N–H and O–H groups in total. The topological polar surface area (TPSA) is 63.9 Å². The number of nitrogens with zero attached hydrogens (tertiary/aromatic N) is 1. The van der Waals surface area contributed by atoms with Crippen molar-refractivity contribution >= 4 is 0 Å². The molecule has 0 radical (unpaired) electrons. The molecule has 1 unspecified atom stereocenters. The van der Waals surface area contributed by atoms with Gasteiger partial charge in [-0.3, -0.25) is 4.90 Å². The Balaban J connectivity index is 2.84. The van der Waals surface area contributed by atoms with Crippen molar-refractivity contribution < 1.29 is 15.3 Å². The molecule has 1 atom stereocenters. The molecule has 0 saturated carbocycles. The summed E-state index contributed by atoms with van der Waals surface area (Å²) in [6.07, 6.45) is 4.32. The van der Waals surface area contributed by atoms with E-state index in [1.54, 1.807) is 12.2 Å². The van der Waals surface area contributed by atoms with Gasteiger partial charge in [-0.15, -0.1) is 0 Å². The Morgan fingerprint density at radius 1 is 1.29 bits per heavy atom. The van der Waals surface area contributed by atoms with Crippen LogP contribution in [0.3, 0.4) is 0 Å². The fraction of sp³-hybridized carbons (Fsp3) is 0.692. The van der Waals surface area contributed by atoms with Crippen LogP contribution in [-0.4, -0.2) is 52.2 Å². The minimum atomic E-state index is -1.47. The van der Waals surface area contributed by atoms with Gasteiger partial charge in [-0.2, -0.15) is 0 Å². The second-order valence-electron chi connectivity index (χ2n) is 4.46. The Hall–Kier alpha value is -0.680. The number of likely N-dealkylation sites (tertiary alicyclic amines) is 1. The van der Waals surface area contributed by atoms with Gasteiger partial charge in [-0.25, -0.2) is 0 Å². The van der Waals surface area contributed by atoms with E-state index in [0.717, 1.165) is 25.9 Å². The molecular formula is C13H23NO3. The van der Waals surface area contributed by atoms with Crippen molar-refractivity contribution in [2.75, 3.05) is 19.7 Å². The molecule has 1 fully saturated rings. The van der Waals surface area contributed by atoms with Crippen LogP contribution in [0.15, 0.2) is 23.3 Å². The van der Waals surface area contributed by atoms with E-state index in [1.807, 2.05) is 13.8 Å². The molecule has 1 heterocycles. The summed E-state index contributed by atoms with van der Waals surface area (Å²) in [6, 6.07) is -0.000926. The maximum atomic E-state index is 9.43. The standard InChI is InChI=1S/C13H23NO3/c1-3-11(9-15)8-12(13(16)17)10(2)14-6-4-5-7-14/h3,8,10,13,15-17H,4-7,9H2,1-2H3/b11-3+,12-8+. The lowest BCUT2D eigenvalue weighted by Gasteiger charge is -2.27. The van der Waals surface area contributed by atoms with Crippen molar-refractivity contribution in [3.8, 4) is 0 Å². The molecule has 0 spiro atoms. The Labute approximate surface area is 103 Å². The summed E-state index contributed by atoms with van der Waals surface area (Å²) >= 11 is 0. The lowest BCUT2D eigenvalue weighted by molar-refractivity contribution is -0.0176. The molecule has 0 aliphatic carbocycles. The molecule has 0 aromatic carbocycles. The number of allylic oxidation sites excluding steroid dienone is 1. The molecule has 0 bridgehead atoms. The molecule has 4 nitrogen and oxygen atoms in total. The van der Waals surface area contributed by atoms with Crippen LogP contribution in [-0.2, 0) is 0 Å². The molecule has 1 aliphatic rings. The molecule has 0 aromatic heterocycles. The molecular weight excluding hydrogens is 218 g/mol. The second-order valence-corrected chi connectivity index (χ2v) is 4.46. The van der Waals surface area contributed by atoms with E-state index in [4.69, 9.17) is 5.11 Å². The summed E-state index contributed by atoms with van der Waals surface area (Å²) < 4.78 is 0. The van der Waals surface area contributed by atoms with E-state index in [2.05, 4.69) is 4.90 Å². The van der Waals surface area contributed by atoms with Crippen LogP contribution in [0.25, 0.3) is 0 Å². The Bertz CT molecular complexity index is 291. The zero-order valence-corrected chi connectivity index (χ0v) is 10.6. The zero-order valence-electron chi connectivity index (χ0n) is 10.6. The Morgan fingerprint density at radius 3 is 2.29 bits per heavy atom. The van der Waals surface area contributed by atoms with Gasteiger partial charge in [-0.05, 0) is 45.4 Å². The number of aliphatic hydroxyl groups excluding tert-OH is 2. The van der Waals surface area contributed by atoms with Crippen molar-refractivity contribution in [3.05, 3.63) is 23.3 Å². The van der Waals surface area contributed by atoms with Crippen LogP contribution in [0.1, 0.15) is 26.7 Å². The summed E-state index contributed by atoms with van der Waals surface area (Å²) in [5.41, 5.74) is 1.26. The molecule has 0 amide bonds. The average molecular weight is 241 g/mol. The van der Waals surface area contributed by atoms with Gasteiger partial charge >= 0.3 is 0 Å². The summed E-state index contributed by atoms with van der Waals surface area (Å²) in [5, 5.41) is 28.0. The highest BCUT2D eigenvalue weighted by molar-refractivity contribution is 5.27. The SMILES string of the molecule is C/C=C(\C=C(\C(O)O)C(C)N1CCCC1)CO. The van der Waals surface area contributed by atoms with Crippen LogP contribution in [0.2, 0.25) is 0 Å². The summed E-state index contributed by atoms with van der Waals surface area (Å²) in [5.74, 6) is 0. The fourth-order valence-corrected chi connectivity index (χ4v) is 2.18.